The van der Waals surface area contributed by atoms with Crippen molar-refractivity contribution in [2.45, 2.75) is 26.4 Å². The Balaban J connectivity index is 2.44. The standard InChI is InChI=1S/C17H18N4O2S/c1-4-24(22,23)21(12-16-7-5-6-15(10-16)11-18)14(3)17-13(2)19-8-9-20-17/h4-10,14H,1,12H2,2-3H3. The fourth-order valence-electron chi connectivity index (χ4n) is 2.43. The van der Waals surface area contributed by atoms with E-state index in [2.05, 4.69) is 22.6 Å². The van der Waals surface area contributed by atoms with Crippen LogP contribution in [0.5, 0.6) is 0 Å². The second-order valence-electron chi connectivity index (χ2n) is 5.27. The maximum atomic E-state index is 12.5. The molecule has 1 aromatic heterocycles. The highest BCUT2D eigenvalue weighted by Gasteiger charge is 2.28. The van der Waals surface area contributed by atoms with Gasteiger partial charge in [-0.25, -0.2) is 8.42 Å². The predicted octanol–water partition coefficient (Wildman–Crippen LogP) is 2.69. The monoisotopic (exact) mass is 342 g/mol. The summed E-state index contributed by atoms with van der Waals surface area (Å²) in [5, 5.41) is 9.93. The summed E-state index contributed by atoms with van der Waals surface area (Å²) in [5.74, 6) is 0. The maximum Gasteiger partial charge on any atom is 0.236 e. The Hall–Kier alpha value is -2.56. The van der Waals surface area contributed by atoms with Crippen molar-refractivity contribution in [3.05, 3.63) is 71.2 Å². The zero-order valence-corrected chi connectivity index (χ0v) is 14.4. The normalized spacial score (nSPS) is 12.6. The predicted molar refractivity (Wildman–Crippen MR) is 91.0 cm³/mol. The van der Waals surface area contributed by atoms with Gasteiger partial charge in [-0.3, -0.25) is 9.97 Å². The molecule has 24 heavy (non-hydrogen) atoms. The van der Waals surface area contributed by atoms with Crippen molar-refractivity contribution in [1.29, 1.82) is 5.26 Å². The zero-order chi connectivity index (χ0) is 17.7. The summed E-state index contributed by atoms with van der Waals surface area (Å²) in [6.45, 7) is 7.06. The molecule has 0 spiro atoms. The van der Waals surface area contributed by atoms with Crippen LogP contribution >= 0.6 is 0 Å². The van der Waals surface area contributed by atoms with Crippen LogP contribution in [-0.4, -0.2) is 22.7 Å². The van der Waals surface area contributed by atoms with E-state index in [-0.39, 0.29) is 6.54 Å². The lowest BCUT2D eigenvalue weighted by Gasteiger charge is -2.27. The minimum atomic E-state index is -3.70. The molecule has 1 heterocycles. The molecule has 0 radical (unpaired) electrons. The van der Waals surface area contributed by atoms with Gasteiger partial charge >= 0.3 is 0 Å². The number of aromatic nitrogens is 2. The summed E-state index contributed by atoms with van der Waals surface area (Å²) in [4.78, 5) is 8.44. The van der Waals surface area contributed by atoms with Gasteiger partial charge in [0, 0.05) is 24.3 Å². The number of sulfonamides is 1. The highest BCUT2D eigenvalue weighted by atomic mass is 32.2. The van der Waals surface area contributed by atoms with Gasteiger partial charge in [-0.2, -0.15) is 9.57 Å². The maximum absolute atomic E-state index is 12.5. The molecule has 1 unspecified atom stereocenters. The Bertz CT molecular complexity index is 887. The van der Waals surface area contributed by atoms with Crippen molar-refractivity contribution in [1.82, 2.24) is 14.3 Å². The van der Waals surface area contributed by atoms with Crippen LogP contribution in [0, 0.1) is 18.3 Å². The fraction of sp³-hybridized carbons (Fsp3) is 0.235. The van der Waals surface area contributed by atoms with Gasteiger partial charge in [0.15, 0.2) is 0 Å². The third-order valence-corrected chi connectivity index (χ3v) is 5.20. The van der Waals surface area contributed by atoms with Crippen molar-refractivity contribution < 1.29 is 8.42 Å². The molecule has 0 bridgehead atoms. The van der Waals surface area contributed by atoms with Crippen molar-refractivity contribution in [3.8, 4) is 6.07 Å². The van der Waals surface area contributed by atoms with Crippen molar-refractivity contribution in [2.75, 3.05) is 0 Å². The molecule has 1 aromatic carbocycles. The van der Waals surface area contributed by atoms with Crippen LogP contribution < -0.4 is 0 Å². The molecule has 2 rings (SSSR count). The topological polar surface area (TPSA) is 87.0 Å². The summed E-state index contributed by atoms with van der Waals surface area (Å²) in [6, 6.07) is 8.38. The highest BCUT2D eigenvalue weighted by Crippen LogP contribution is 2.26. The Morgan fingerprint density at radius 3 is 2.71 bits per heavy atom. The summed E-state index contributed by atoms with van der Waals surface area (Å²) >= 11 is 0. The number of nitrogens with zero attached hydrogens (tertiary/aromatic N) is 4. The number of hydrogen-bond donors (Lipinski definition) is 0. The molecule has 0 aliphatic heterocycles. The fourth-order valence-corrected chi connectivity index (χ4v) is 3.49. The van der Waals surface area contributed by atoms with Gasteiger partial charge in [-0.05, 0) is 31.5 Å². The second-order valence-corrected chi connectivity index (χ2v) is 7.10. The van der Waals surface area contributed by atoms with Gasteiger partial charge in [0.25, 0.3) is 0 Å². The van der Waals surface area contributed by atoms with Crippen molar-refractivity contribution in [2.24, 2.45) is 0 Å². The second kappa shape index (κ2) is 7.34. The Kier molecular flexibility index (Phi) is 5.44. The third kappa shape index (κ3) is 3.85. The molecular weight excluding hydrogens is 324 g/mol. The van der Waals surface area contributed by atoms with E-state index in [9.17, 15) is 8.42 Å². The zero-order valence-electron chi connectivity index (χ0n) is 13.5. The summed E-state index contributed by atoms with van der Waals surface area (Å²) in [6.07, 6.45) is 3.10. The quantitative estimate of drug-likeness (QED) is 0.805. The SMILES string of the molecule is C=CS(=O)(=O)N(Cc1cccc(C#N)c1)C(C)c1nccnc1C. The lowest BCUT2D eigenvalue weighted by atomic mass is 10.1. The summed E-state index contributed by atoms with van der Waals surface area (Å²) in [5.41, 5.74) is 2.44. The number of nitriles is 1. The van der Waals surface area contributed by atoms with E-state index in [0.29, 0.717) is 22.5 Å². The van der Waals surface area contributed by atoms with E-state index < -0.39 is 16.1 Å². The third-order valence-electron chi connectivity index (χ3n) is 3.68. The van der Waals surface area contributed by atoms with E-state index in [4.69, 9.17) is 5.26 Å². The molecule has 0 fully saturated rings. The molecule has 0 aliphatic rings. The average Bonchev–Trinajstić information content (AvgIpc) is 2.59. The van der Waals surface area contributed by atoms with E-state index in [0.717, 1.165) is 5.41 Å². The lowest BCUT2D eigenvalue weighted by Crippen LogP contribution is -2.32. The Morgan fingerprint density at radius 1 is 1.38 bits per heavy atom. The number of rotatable bonds is 6. The minimum Gasteiger partial charge on any atom is -0.258 e. The van der Waals surface area contributed by atoms with Crippen molar-refractivity contribution in [3.63, 3.8) is 0 Å². The largest absolute Gasteiger partial charge is 0.258 e. The minimum absolute atomic E-state index is 0.112. The van der Waals surface area contributed by atoms with E-state index in [1.807, 2.05) is 0 Å². The van der Waals surface area contributed by atoms with Gasteiger partial charge in [-0.1, -0.05) is 18.7 Å². The van der Waals surface area contributed by atoms with Gasteiger partial charge < -0.3 is 0 Å². The van der Waals surface area contributed by atoms with E-state index >= 15 is 0 Å². The summed E-state index contributed by atoms with van der Waals surface area (Å²) in [7, 11) is -3.70. The van der Waals surface area contributed by atoms with Gasteiger partial charge in [0.2, 0.25) is 10.0 Å². The molecule has 0 amide bonds. The van der Waals surface area contributed by atoms with E-state index in [1.165, 1.54) is 10.5 Å². The van der Waals surface area contributed by atoms with Crippen LogP contribution in [0.15, 0.2) is 48.6 Å². The number of aryl methyl sites for hydroxylation is 1. The first-order valence-electron chi connectivity index (χ1n) is 7.30. The number of hydrogen-bond acceptors (Lipinski definition) is 5. The Labute approximate surface area is 142 Å². The first-order chi connectivity index (χ1) is 11.4. The molecule has 6 nitrogen and oxygen atoms in total. The smallest absolute Gasteiger partial charge is 0.236 e. The van der Waals surface area contributed by atoms with Crippen LogP contribution in [-0.2, 0) is 16.6 Å². The van der Waals surface area contributed by atoms with Crippen LogP contribution in [0.4, 0.5) is 0 Å². The van der Waals surface area contributed by atoms with Gasteiger partial charge in [0.1, 0.15) is 0 Å². The van der Waals surface area contributed by atoms with Crippen LogP contribution in [0.25, 0.3) is 0 Å². The molecule has 7 heteroatoms. The molecule has 124 valence electrons. The number of benzene rings is 1. The summed E-state index contributed by atoms with van der Waals surface area (Å²) < 4.78 is 26.3. The average molecular weight is 342 g/mol. The van der Waals surface area contributed by atoms with Gasteiger partial charge in [0.05, 0.1) is 29.1 Å². The molecule has 0 aliphatic carbocycles. The highest BCUT2D eigenvalue weighted by molar-refractivity contribution is 7.92. The van der Waals surface area contributed by atoms with Crippen LogP contribution in [0.3, 0.4) is 0 Å². The lowest BCUT2D eigenvalue weighted by molar-refractivity contribution is 0.333. The molecule has 1 atom stereocenters. The molecular formula is C17H18N4O2S. The molecule has 2 aromatic rings. The molecule has 0 saturated carbocycles. The van der Waals surface area contributed by atoms with Gasteiger partial charge in [-0.15, -0.1) is 0 Å². The van der Waals surface area contributed by atoms with E-state index in [1.54, 1.807) is 44.3 Å². The molecule has 0 N–H and O–H groups in total. The first-order valence-corrected chi connectivity index (χ1v) is 8.80. The first kappa shape index (κ1) is 17.8. The van der Waals surface area contributed by atoms with Crippen molar-refractivity contribution >= 4 is 10.0 Å². The molecule has 0 saturated heterocycles. The Morgan fingerprint density at radius 2 is 2.08 bits per heavy atom. The van der Waals surface area contributed by atoms with Crippen LogP contribution in [0.2, 0.25) is 0 Å². The van der Waals surface area contributed by atoms with Crippen LogP contribution in [0.1, 0.15) is 35.5 Å².